The number of alkyl halides is 15. The molecular weight excluding hydrogens is 413 g/mol. The summed E-state index contributed by atoms with van der Waals surface area (Å²) in [5.41, 5.74) is -8.44. The van der Waals surface area contributed by atoms with Gasteiger partial charge in [-0.15, -0.1) is 0 Å². The standard InChI is InChI=1S/C8HF15O2/c9-2(10,1(24)25)4(12,13)6(16,17)5(14,15)3(11,7(18,19)20)8(21,22)23/h(H,24,25)/p-1. The zero-order valence-corrected chi connectivity index (χ0v) is 10.5. The fraction of sp³-hybridized carbons (Fsp3) is 0.875. The summed E-state index contributed by atoms with van der Waals surface area (Å²) in [6.07, 6.45) is -16.1. The van der Waals surface area contributed by atoms with Gasteiger partial charge in [0.1, 0.15) is 5.97 Å². The number of hydrogen-bond acceptors (Lipinski definition) is 2. The summed E-state index contributed by atoms with van der Waals surface area (Å²) in [7, 11) is 0. The van der Waals surface area contributed by atoms with Crippen LogP contribution in [0.4, 0.5) is 65.9 Å². The van der Waals surface area contributed by atoms with Crippen LogP contribution in [0.15, 0.2) is 0 Å². The molecule has 2 nitrogen and oxygen atoms in total. The Kier molecular flexibility index (Phi) is 5.11. The smallest absolute Gasteiger partial charge is 0.438 e. The van der Waals surface area contributed by atoms with Crippen LogP contribution in [-0.4, -0.2) is 47.7 Å². The minimum atomic E-state index is -8.63. The van der Waals surface area contributed by atoms with E-state index in [2.05, 4.69) is 0 Å². The van der Waals surface area contributed by atoms with E-state index in [-0.39, 0.29) is 0 Å². The molecule has 0 heterocycles. The van der Waals surface area contributed by atoms with Gasteiger partial charge in [-0.1, -0.05) is 0 Å². The molecule has 0 atom stereocenters. The first-order valence-electron chi connectivity index (χ1n) is 4.99. The Hall–Kier alpha value is -1.58. The number of hydrogen-bond donors (Lipinski definition) is 0. The van der Waals surface area contributed by atoms with Crippen LogP contribution >= 0.6 is 0 Å². The maximum absolute atomic E-state index is 13.0. The highest BCUT2D eigenvalue weighted by Gasteiger charge is 2.95. The van der Waals surface area contributed by atoms with Crippen LogP contribution in [0.2, 0.25) is 0 Å². The molecule has 150 valence electrons. The monoisotopic (exact) mass is 413 g/mol. The quantitative estimate of drug-likeness (QED) is 0.651. The average Bonchev–Trinajstić information content (AvgIpc) is 2.33. The van der Waals surface area contributed by atoms with E-state index in [9.17, 15) is 75.8 Å². The molecule has 0 rings (SSSR count). The Bertz CT molecular complexity index is 513. The van der Waals surface area contributed by atoms with Gasteiger partial charge >= 0.3 is 41.7 Å². The van der Waals surface area contributed by atoms with E-state index in [1.165, 1.54) is 0 Å². The number of carboxylic acid groups (broad SMARTS) is 1. The van der Waals surface area contributed by atoms with Crippen LogP contribution in [0, 0.1) is 0 Å². The summed E-state index contributed by atoms with van der Waals surface area (Å²) < 4.78 is 187. The predicted molar refractivity (Wildman–Crippen MR) is 40.7 cm³/mol. The van der Waals surface area contributed by atoms with Crippen molar-refractivity contribution in [1.82, 2.24) is 0 Å². The van der Waals surface area contributed by atoms with Gasteiger partial charge in [0.05, 0.1) is 0 Å². The molecule has 25 heavy (non-hydrogen) atoms. The van der Waals surface area contributed by atoms with Gasteiger partial charge in [0.25, 0.3) is 0 Å². The zero-order chi connectivity index (χ0) is 21.1. The molecule has 0 N–H and O–H groups in total. The van der Waals surface area contributed by atoms with Crippen molar-refractivity contribution >= 4 is 5.97 Å². The second-order valence-electron chi connectivity index (χ2n) is 4.24. The topological polar surface area (TPSA) is 40.1 Å². The third kappa shape index (κ3) is 2.74. The third-order valence-electron chi connectivity index (χ3n) is 2.65. The first-order valence-corrected chi connectivity index (χ1v) is 4.99. The number of carbonyl (C=O) groups is 1. The number of rotatable bonds is 5. The average molecular weight is 413 g/mol. The third-order valence-corrected chi connectivity index (χ3v) is 2.65. The second-order valence-corrected chi connectivity index (χ2v) is 4.24. The van der Waals surface area contributed by atoms with Crippen LogP contribution in [0.1, 0.15) is 0 Å². The van der Waals surface area contributed by atoms with E-state index >= 15 is 0 Å². The summed E-state index contributed by atoms with van der Waals surface area (Å²) in [6.45, 7) is 0. The van der Waals surface area contributed by atoms with Crippen LogP contribution in [0.25, 0.3) is 0 Å². The van der Waals surface area contributed by atoms with E-state index in [0.29, 0.717) is 0 Å². The van der Waals surface area contributed by atoms with Crippen molar-refractivity contribution in [2.24, 2.45) is 0 Å². The molecule has 0 bridgehead atoms. The fourth-order valence-electron chi connectivity index (χ4n) is 1.26. The maximum atomic E-state index is 13.0. The highest BCUT2D eigenvalue weighted by atomic mass is 19.4. The van der Waals surface area contributed by atoms with Crippen LogP contribution in [-0.2, 0) is 4.79 Å². The van der Waals surface area contributed by atoms with E-state index in [1.54, 1.807) is 0 Å². The molecular formula is C8F15O2-. The molecule has 0 saturated heterocycles. The number of carboxylic acids is 1. The molecule has 0 radical (unpaired) electrons. The Labute approximate surface area is 125 Å². The SMILES string of the molecule is O=C([O-])C(F)(F)C(F)(F)C(F)(F)C(F)(F)C(F)(C(F)(F)F)C(F)(F)F. The Morgan fingerprint density at radius 3 is 1.00 bits per heavy atom. The first kappa shape index (κ1) is 23.4. The van der Waals surface area contributed by atoms with Crippen LogP contribution in [0.3, 0.4) is 0 Å². The van der Waals surface area contributed by atoms with E-state index in [0.717, 1.165) is 0 Å². The molecule has 0 amide bonds. The fourth-order valence-corrected chi connectivity index (χ4v) is 1.26. The Morgan fingerprint density at radius 2 is 0.800 bits per heavy atom. The van der Waals surface area contributed by atoms with Crippen molar-refractivity contribution in [3.05, 3.63) is 0 Å². The van der Waals surface area contributed by atoms with Gasteiger partial charge in [-0.05, 0) is 0 Å². The summed E-state index contributed by atoms with van der Waals surface area (Å²) in [4.78, 5) is 9.63. The van der Waals surface area contributed by atoms with Gasteiger partial charge in [-0.25, -0.2) is 4.39 Å². The van der Waals surface area contributed by atoms with Crippen molar-refractivity contribution in [2.75, 3.05) is 0 Å². The Morgan fingerprint density at radius 1 is 0.520 bits per heavy atom. The highest BCUT2D eigenvalue weighted by Crippen LogP contribution is 2.63. The first-order chi connectivity index (χ1) is 10.4. The summed E-state index contributed by atoms with van der Waals surface area (Å²) in [5, 5.41) is 9.63. The predicted octanol–water partition coefficient (Wildman–Crippen LogP) is 3.11. The van der Waals surface area contributed by atoms with E-state index in [4.69, 9.17) is 0 Å². The molecule has 0 aromatic heterocycles. The van der Waals surface area contributed by atoms with E-state index in [1.807, 2.05) is 0 Å². The minimum absolute atomic E-state index is 4.56. The molecule has 17 heteroatoms. The lowest BCUT2D eigenvalue weighted by Crippen LogP contribution is -2.76. The van der Waals surface area contributed by atoms with Gasteiger partial charge in [-0.3, -0.25) is 0 Å². The largest absolute Gasteiger partial charge is 0.544 e. The van der Waals surface area contributed by atoms with Gasteiger partial charge in [0.2, 0.25) is 0 Å². The number of carbonyl (C=O) groups excluding carboxylic acids is 1. The van der Waals surface area contributed by atoms with Crippen molar-refractivity contribution in [2.45, 2.75) is 41.7 Å². The number of halogens is 15. The molecule has 0 unspecified atom stereocenters. The van der Waals surface area contributed by atoms with E-state index < -0.39 is 47.7 Å². The highest BCUT2D eigenvalue weighted by molar-refractivity contribution is 5.75. The van der Waals surface area contributed by atoms with Crippen LogP contribution in [0.5, 0.6) is 0 Å². The lowest BCUT2D eigenvalue weighted by Gasteiger charge is -2.43. The molecule has 0 spiro atoms. The number of aliphatic carboxylic acids is 1. The zero-order valence-electron chi connectivity index (χ0n) is 10.5. The molecule has 0 aromatic carbocycles. The van der Waals surface area contributed by atoms with Crippen molar-refractivity contribution in [3.8, 4) is 0 Å². The van der Waals surface area contributed by atoms with Crippen molar-refractivity contribution in [3.63, 3.8) is 0 Å². The maximum Gasteiger partial charge on any atom is 0.438 e. The second kappa shape index (κ2) is 5.46. The van der Waals surface area contributed by atoms with Gasteiger partial charge in [0, 0.05) is 0 Å². The van der Waals surface area contributed by atoms with Crippen molar-refractivity contribution in [1.29, 1.82) is 0 Å². The summed E-state index contributed by atoms with van der Waals surface area (Å²) in [6, 6.07) is 0. The molecule has 0 fully saturated rings. The summed E-state index contributed by atoms with van der Waals surface area (Å²) in [5.74, 6) is -37.2. The van der Waals surface area contributed by atoms with Crippen LogP contribution < -0.4 is 5.11 Å². The normalized spacial score (nSPS) is 16.1. The van der Waals surface area contributed by atoms with Gasteiger partial charge < -0.3 is 9.90 Å². The minimum Gasteiger partial charge on any atom is -0.544 e. The lowest BCUT2D eigenvalue weighted by molar-refractivity contribution is -0.458. The van der Waals surface area contributed by atoms with Gasteiger partial charge in [0.15, 0.2) is 0 Å². The molecule has 0 aliphatic carbocycles. The molecule has 0 aromatic rings. The van der Waals surface area contributed by atoms with Crippen molar-refractivity contribution < 1.29 is 75.8 Å². The lowest BCUT2D eigenvalue weighted by atomic mass is 9.86. The van der Waals surface area contributed by atoms with Gasteiger partial charge in [-0.2, -0.15) is 61.5 Å². The molecule has 0 saturated carbocycles. The summed E-state index contributed by atoms with van der Waals surface area (Å²) >= 11 is 0. The molecule has 0 aliphatic rings. The molecule has 0 aliphatic heterocycles. The Balaban J connectivity index is 6.80.